The lowest BCUT2D eigenvalue weighted by Crippen LogP contribution is -2.48. The van der Waals surface area contributed by atoms with Crippen molar-refractivity contribution in [2.75, 3.05) is 26.2 Å². The second-order valence-electron chi connectivity index (χ2n) is 8.00. The third-order valence-corrected chi connectivity index (χ3v) is 4.96. The summed E-state index contributed by atoms with van der Waals surface area (Å²) in [5.41, 5.74) is 0.135. The Hall–Kier alpha value is -0.770. The van der Waals surface area contributed by atoms with E-state index < -0.39 is 0 Å². The number of carbonyl (C=O) groups is 1. The van der Waals surface area contributed by atoms with Gasteiger partial charge < -0.3 is 15.0 Å². The summed E-state index contributed by atoms with van der Waals surface area (Å²) in [6.07, 6.45) is 8.63. The minimum Gasteiger partial charge on any atom is -0.377 e. The Morgan fingerprint density at radius 1 is 1.09 bits per heavy atom. The van der Waals surface area contributed by atoms with Crippen molar-refractivity contribution in [2.24, 2.45) is 11.3 Å². The standard InChI is InChI=1S/C18H34N2O2/c1-18(2,3)16-15(10-9-13-22-16)14-19-17(21)20-11-7-5-4-6-8-12-20/h15-16H,4-14H2,1-3H3,(H,19,21)/t15-,16+/m1/s1. The van der Waals surface area contributed by atoms with Gasteiger partial charge in [0, 0.05) is 32.2 Å². The van der Waals surface area contributed by atoms with Crippen molar-refractivity contribution in [3.8, 4) is 0 Å². The van der Waals surface area contributed by atoms with Crippen LogP contribution >= 0.6 is 0 Å². The van der Waals surface area contributed by atoms with Crippen LogP contribution in [0.1, 0.15) is 65.7 Å². The van der Waals surface area contributed by atoms with E-state index >= 15 is 0 Å². The Morgan fingerprint density at radius 3 is 2.36 bits per heavy atom. The van der Waals surface area contributed by atoms with E-state index in [0.717, 1.165) is 51.9 Å². The smallest absolute Gasteiger partial charge is 0.317 e. The molecule has 0 saturated carbocycles. The van der Waals surface area contributed by atoms with Gasteiger partial charge in [-0.15, -0.1) is 0 Å². The number of rotatable bonds is 2. The first-order valence-corrected chi connectivity index (χ1v) is 9.13. The molecule has 0 spiro atoms. The van der Waals surface area contributed by atoms with E-state index in [0.29, 0.717) is 5.92 Å². The van der Waals surface area contributed by atoms with Gasteiger partial charge in [-0.1, -0.05) is 40.0 Å². The summed E-state index contributed by atoms with van der Waals surface area (Å²) in [6.45, 7) is 10.1. The average molecular weight is 310 g/mol. The fourth-order valence-corrected chi connectivity index (χ4v) is 3.79. The molecule has 2 aliphatic heterocycles. The van der Waals surface area contributed by atoms with Crippen LogP contribution in [0.3, 0.4) is 0 Å². The highest BCUT2D eigenvalue weighted by molar-refractivity contribution is 5.74. The molecule has 0 unspecified atom stereocenters. The van der Waals surface area contributed by atoms with Crippen LogP contribution in [-0.2, 0) is 4.74 Å². The van der Waals surface area contributed by atoms with Gasteiger partial charge in [0.2, 0.25) is 0 Å². The van der Waals surface area contributed by atoms with E-state index in [1.807, 2.05) is 4.90 Å². The predicted octanol–water partition coefficient (Wildman–Crippen LogP) is 3.80. The summed E-state index contributed by atoms with van der Waals surface area (Å²) < 4.78 is 6.00. The summed E-state index contributed by atoms with van der Waals surface area (Å²) in [5, 5.41) is 3.18. The third-order valence-electron chi connectivity index (χ3n) is 4.96. The van der Waals surface area contributed by atoms with E-state index in [1.165, 1.54) is 19.3 Å². The molecule has 2 atom stereocenters. The monoisotopic (exact) mass is 310 g/mol. The van der Waals surface area contributed by atoms with Gasteiger partial charge in [0.15, 0.2) is 0 Å². The van der Waals surface area contributed by atoms with Crippen molar-refractivity contribution in [2.45, 2.75) is 71.8 Å². The van der Waals surface area contributed by atoms with Crippen molar-refractivity contribution in [3.63, 3.8) is 0 Å². The number of hydrogen-bond donors (Lipinski definition) is 1. The number of likely N-dealkylation sites (tertiary alicyclic amines) is 1. The number of nitrogens with one attached hydrogen (secondary N) is 1. The van der Waals surface area contributed by atoms with E-state index in [2.05, 4.69) is 26.1 Å². The highest BCUT2D eigenvalue weighted by Crippen LogP contribution is 2.33. The zero-order valence-electron chi connectivity index (χ0n) is 14.7. The second-order valence-corrected chi connectivity index (χ2v) is 8.00. The Labute approximate surface area is 136 Å². The fraction of sp³-hybridized carbons (Fsp3) is 0.944. The topological polar surface area (TPSA) is 41.6 Å². The van der Waals surface area contributed by atoms with E-state index in [1.54, 1.807) is 0 Å². The highest BCUT2D eigenvalue weighted by atomic mass is 16.5. The molecule has 2 heterocycles. The maximum Gasteiger partial charge on any atom is 0.317 e. The van der Waals surface area contributed by atoms with Crippen molar-refractivity contribution >= 4 is 6.03 Å². The van der Waals surface area contributed by atoms with Crippen molar-refractivity contribution in [3.05, 3.63) is 0 Å². The van der Waals surface area contributed by atoms with Crippen LogP contribution in [0.4, 0.5) is 4.79 Å². The van der Waals surface area contributed by atoms with Crippen LogP contribution in [0.15, 0.2) is 0 Å². The van der Waals surface area contributed by atoms with Crippen LogP contribution in [-0.4, -0.2) is 43.3 Å². The van der Waals surface area contributed by atoms with E-state index in [4.69, 9.17) is 4.74 Å². The van der Waals surface area contributed by atoms with Gasteiger partial charge in [0.25, 0.3) is 0 Å². The summed E-state index contributed by atoms with van der Waals surface area (Å²) in [4.78, 5) is 14.4. The van der Waals surface area contributed by atoms with Crippen LogP contribution in [0.25, 0.3) is 0 Å². The van der Waals surface area contributed by atoms with Crippen molar-refractivity contribution in [1.82, 2.24) is 10.2 Å². The van der Waals surface area contributed by atoms with Gasteiger partial charge in [0.05, 0.1) is 6.10 Å². The Balaban J connectivity index is 1.83. The molecule has 22 heavy (non-hydrogen) atoms. The largest absolute Gasteiger partial charge is 0.377 e. The molecule has 4 heteroatoms. The molecule has 128 valence electrons. The molecule has 2 fully saturated rings. The van der Waals surface area contributed by atoms with Crippen LogP contribution in [0, 0.1) is 11.3 Å². The quantitative estimate of drug-likeness (QED) is 0.843. The summed E-state index contributed by atoms with van der Waals surface area (Å²) in [7, 11) is 0. The first kappa shape index (κ1) is 17.6. The molecule has 2 amide bonds. The molecule has 2 saturated heterocycles. The van der Waals surface area contributed by atoms with Crippen LogP contribution in [0.2, 0.25) is 0 Å². The summed E-state index contributed by atoms with van der Waals surface area (Å²) in [5.74, 6) is 0.437. The molecule has 0 aromatic carbocycles. The lowest BCUT2D eigenvalue weighted by molar-refractivity contribution is -0.0839. The fourth-order valence-electron chi connectivity index (χ4n) is 3.79. The SMILES string of the molecule is CC(C)(C)[C@H]1OCCC[C@@H]1CNC(=O)N1CCCCCCC1. The summed E-state index contributed by atoms with van der Waals surface area (Å²) >= 11 is 0. The Bertz CT molecular complexity index is 343. The van der Waals surface area contributed by atoms with Gasteiger partial charge >= 0.3 is 6.03 Å². The molecule has 4 nitrogen and oxygen atoms in total. The second kappa shape index (κ2) is 8.19. The highest BCUT2D eigenvalue weighted by Gasteiger charge is 2.35. The molecule has 0 bridgehead atoms. The number of urea groups is 1. The first-order chi connectivity index (χ1) is 10.5. The molecule has 2 rings (SSSR count). The van der Waals surface area contributed by atoms with Crippen molar-refractivity contribution in [1.29, 1.82) is 0 Å². The molecule has 0 aromatic rings. The minimum absolute atomic E-state index is 0.125. The van der Waals surface area contributed by atoms with Crippen LogP contribution in [0.5, 0.6) is 0 Å². The number of hydrogen-bond acceptors (Lipinski definition) is 2. The third kappa shape index (κ3) is 5.15. The molecular formula is C18H34N2O2. The Morgan fingerprint density at radius 2 is 1.73 bits per heavy atom. The van der Waals surface area contributed by atoms with E-state index in [-0.39, 0.29) is 17.6 Å². The Kier molecular flexibility index (Phi) is 6.54. The zero-order chi connectivity index (χ0) is 16.0. The van der Waals surface area contributed by atoms with Gasteiger partial charge in [-0.2, -0.15) is 0 Å². The molecular weight excluding hydrogens is 276 g/mol. The number of amides is 2. The molecule has 2 aliphatic rings. The lowest BCUT2D eigenvalue weighted by atomic mass is 9.78. The average Bonchev–Trinajstić information content (AvgIpc) is 2.44. The predicted molar refractivity (Wildman–Crippen MR) is 90.0 cm³/mol. The zero-order valence-corrected chi connectivity index (χ0v) is 14.7. The first-order valence-electron chi connectivity index (χ1n) is 9.13. The number of nitrogens with zero attached hydrogens (tertiary/aromatic N) is 1. The van der Waals surface area contributed by atoms with Gasteiger partial charge in [-0.05, 0) is 31.1 Å². The number of ether oxygens (including phenoxy) is 1. The van der Waals surface area contributed by atoms with Crippen LogP contribution < -0.4 is 5.32 Å². The molecule has 0 aliphatic carbocycles. The van der Waals surface area contributed by atoms with Crippen molar-refractivity contribution < 1.29 is 9.53 Å². The minimum atomic E-state index is 0.125. The maximum atomic E-state index is 12.4. The maximum absolute atomic E-state index is 12.4. The number of carbonyl (C=O) groups excluding carboxylic acids is 1. The lowest BCUT2D eigenvalue weighted by Gasteiger charge is -2.40. The molecule has 1 N–H and O–H groups in total. The van der Waals surface area contributed by atoms with Gasteiger partial charge in [-0.25, -0.2) is 4.79 Å². The molecule has 0 radical (unpaired) electrons. The summed E-state index contributed by atoms with van der Waals surface area (Å²) in [6, 6.07) is 0.125. The van der Waals surface area contributed by atoms with Gasteiger partial charge in [-0.3, -0.25) is 0 Å². The van der Waals surface area contributed by atoms with E-state index in [9.17, 15) is 4.79 Å². The van der Waals surface area contributed by atoms with Gasteiger partial charge in [0.1, 0.15) is 0 Å². The normalized spacial score (nSPS) is 27.9. The molecule has 0 aromatic heterocycles.